The first kappa shape index (κ1) is 26.4. The Morgan fingerprint density at radius 1 is 0.974 bits per heavy atom. The smallest absolute Gasteiger partial charge is 0.229 e. The molecule has 1 N–H and O–H groups in total. The molecule has 198 valence electrons. The Kier molecular flexibility index (Phi) is 8.40. The van der Waals surface area contributed by atoms with Crippen molar-refractivity contribution in [1.82, 2.24) is 20.1 Å². The first-order valence-corrected chi connectivity index (χ1v) is 13.9. The van der Waals surface area contributed by atoms with Crippen LogP contribution in [-0.4, -0.2) is 52.8 Å². The second-order valence-electron chi connectivity index (χ2n) is 10.6. The molecule has 38 heavy (non-hydrogen) atoms. The van der Waals surface area contributed by atoms with Crippen LogP contribution in [0.3, 0.4) is 0 Å². The summed E-state index contributed by atoms with van der Waals surface area (Å²) in [5.41, 5.74) is 2.88. The van der Waals surface area contributed by atoms with Crippen LogP contribution < -0.4 is 5.32 Å². The lowest BCUT2D eigenvalue weighted by Crippen LogP contribution is -2.45. The fourth-order valence-electron chi connectivity index (χ4n) is 5.82. The maximum absolute atomic E-state index is 13.4. The van der Waals surface area contributed by atoms with Gasteiger partial charge < -0.3 is 15.1 Å². The van der Waals surface area contributed by atoms with E-state index < -0.39 is 0 Å². The number of amides is 2. The van der Waals surface area contributed by atoms with E-state index in [0.29, 0.717) is 23.9 Å². The largest absolute Gasteiger partial charge is 0.349 e. The number of nitrogens with zero attached hydrogens (tertiary/aromatic N) is 3. The minimum absolute atomic E-state index is 0.0102. The molecule has 1 unspecified atom stereocenters. The minimum Gasteiger partial charge on any atom is -0.349 e. The van der Waals surface area contributed by atoms with Crippen LogP contribution in [0.1, 0.15) is 48.4 Å². The topological polar surface area (TPSA) is 65.5 Å². The maximum atomic E-state index is 13.4. The van der Waals surface area contributed by atoms with E-state index >= 15 is 0 Å². The number of halogens is 1. The van der Waals surface area contributed by atoms with Crippen molar-refractivity contribution in [2.24, 2.45) is 5.41 Å². The van der Waals surface area contributed by atoms with Crippen LogP contribution in [0.15, 0.2) is 79.1 Å². The van der Waals surface area contributed by atoms with Gasteiger partial charge in [0.05, 0.1) is 17.9 Å². The van der Waals surface area contributed by atoms with Gasteiger partial charge in [-0.2, -0.15) is 0 Å². The fourth-order valence-corrected chi connectivity index (χ4v) is 6.03. The molecule has 0 aliphatic carbocycles. The van der Waals surface area contributed by atoms with Crippen LogP contribution in [0, 0.1) is 5.41 Å². The van der Waals surface area contributed by atoms with Gasteiger partial charge in [0.2, 0.25) is 11.8 Å². The van der Waals surface area contributed by atoms with Gasteiger partial charge in [0.15, 0.2) is 0 Å². The number of hydrogen-bond acceptors (Lipinski definition) is 4. The van der Waals surface area contributed by atoms with Crippen LogP contribution in [0.5, 0.6) is 0 Å². The Hall–Kier alpha value is -3.22. The number of pyridine rings is 1. The SMILES string of the molecule is O=C(Cc1cccc(Cl)c1)NC(CCN1CCC2(CC1)CCN(Cc1cccnc1)C2=O)c1ccccc1. The van der Waals surface area contributed by atoms with E-state index in [1.165, 1.54) is 0 Å². The molecule has 2 aromatic carbocycles. The van der Waals surface area contributed by atoms with Crippen LogP contribution in [0.4, 0.5) is 0 Å². The number of piperidine rings is 1. The van der Waals surface area contributed by atoms with Gasteiger partial charge in [-0.25, -0.2) is 0 Å². The van der Waals surface area contributed by atoms with Gasteiger partial charge in [-0.05, 0) is 73.7 Å². The van der Waals surface area contributed by atoms with Crippen molar-refractivity contribution in [3.63, 3.8) is 0 Å². The highest BCUT2D eigenvalue weighted by Gasteiger charge is 2.47. The monoisotopic (exact) mass is 530 g/mol. The van der Waals surface area contributed by atoms with Gasteiger partial charge in [-0.15, -0.1) is 0 Å². The fraction of sp³-hybridized carbons (Fsp3) is 0.387. The molecule has 1 spiro atoms. The highest BCUT2D eigenvalue weighted by atomic mass is 35.5. The van der Waals surface area contributed by atoms with Gasteiger partial charge in [0, 0.05) is 37.1 Å². The number of benzene rings is 2. The Bertz CT molecular complexity index is 1230. The Balaban J connectivity index is 1.15. The predicted octanol–water partition coefficient (Wildman–Crippen LogP) is 5.04. The van der Waals surface area contributed by atoms with Crippen LogP contribution in [-0.2, 0) is 22.6 Å². The zero-order chi connectivity index (χ0) is 26.4. The molecule has 2 amide bonds. The van der Waals surface area contributed by atoms with Crippen molar-refractivity contribution < 1.29 is 9.59 Å². The minimum atomic E-state index is -0.220. The van der Waals surface area contributed by atoms with Crippen molar-refractivity contribution in [2.75, 3.05) is 26.2 Å². The van der Waals surface area contributed by atoms with E-state index in [2.05, 4.69) is 27.3 Å². The molecular weight excluding hydrogens is 496 g/mol. The summed E-state index contributed by atoms with van der Waals surface area (Å²) in [4.78, 5) is 34.9. The molecule has 0 bridgehead atoms. The van der Waals surface area contributed by atoms with Gasteiger partial charge in [0.1, 0.15) is 0 Å². The molecule has 0 saturated carbocycles. The molecule has 6 nitrogen and oxygen atoms in total. The average molecular weight is 531 g/mol. The molecule has 2 fully saturated rings. The molecule has 7 heteroatoms. The normalized spacial score (nSPS) is 18.0. The number of rotatable bonds is 9. The van der Waals surface area contributed by atoms with Crippen molar-refractivity contribution in [3.05, 3.63) is 101 Å². The average Bonchev–Trinajstić information content (AvgIpc) is 3.23. The summed E-state index contributed by atoms with van der Waals surface area (Å²) in [6.45, 7) is 4.16. The van der Waals surface area contributed by atoms with Gasteiger partial charge in [-0.3, -0.25) is 14.6 Å². The molecule has 1 atom stereocenters. The number of aromatic nitrogens is 1. The number of carbonyl (C=O) groups excluding carboxylic acids is 2. The standard InChI is InChI=1S/C31H35ClN4O2/c32-27-10-4-6-24(20-27)21-29(37)34-28(26-8-2-1-3-9-26)11-16-35-17-12-31(13-18-35)14-19-36(30(31)38)23-25-7-5-15-33-22-25/h1-10,15,20,22,28H,11-14,16-19,21,23H2,(H,34,37). The third kappa shape index (κ3) is 6.43. The summed E-state index contributed by atoms with van der Waals surface area (Å²) in [6.07, 6.45) is 7.45. The molecule has 3 aromatic rings. The highest BCUT2D eigenvalue weighted by molar-refractivity contribution is 6.30. The molecule has 5 rings (SSSR count). The van der Waals surface area contributed by atoms with Gasteiger partial charge >= 0.3 is 0 Å². The van der Waals surface area contributed by atoms with Crippen molar-refractivity contribution in [2.45, 2.75) is 44.7 Å². The second kappa shape index (κ2) is 12.1. The number of likely N-dealkylation sites (tertiary alicyclic amines) is 2. The number of hydrogen-bond donors (Lipinski definition) is 1. The molecule has 1 aromatic heterocycles. The van der Waals surface area contributed by atoms with Gasteiger partial charge in [-0.1, -0.05) is 60.1 Å². The Morgan fingerprint density at radius 2 is 1.74 bits per heavy atom. The number of nitrogens with one attached hydrogen (secondary N) is 1. The maximum Gasteiger partial charge on any atom is 0.229 e. The van der Waals surface area contributed by atoms with Crippen LogP contribution >= 0.6 is 11.6 Å². The zero-order valence-corrected chi connectivity index (χ0v) is 22.4. The first-order valence-electron chi connectivity index (χ1n) is 13.5. The van der Waals surface area contributed by atoms with E-state index in [9.17, 15) is 9.59 Å². The lowest BCUT2D eigenvalue weighted by Gasteiger charge is -2.38. The summed E-state index contributed by atoms with van der Waals surface area (Å²) >= 11 is 6.10. The summed E-state index contributed by atoms with van der Waals surface area (Å²) < 4.78 is 0. The van der Waals surface area contributed by atoms with E-state index in [0.717, 1.165) is 68.6 Å². The van der Waals surface area contributed by atoms with Crippen LogP contribution in [0.25, 0.3) is 0 Å². The third-order valence-electron chi connectivity index (χ3n) is 8.04. The summed E-state index contributed by atoms with van der Waals surface area (Å²) in [7, 11) is 0. The Labute approximate surface area is 230 Å². The zero-order valence-electron chi connectivity index (χ0n) is 21.7. The third-order valence-corrected chi connectivity index (χ3v) is 8.27. The molecule has 3 heterocycles. The highest BCUT2D eigenvalue weighted by Crippen LogP contribution is 2.42. The molecule has 2 saturated heterocycles. The quantitative estimate of drug-likeness (QED) is 0.421. The molecular formula is C31H35ClN4O2. The first-order chi connectivity index (χ1) is 18.5. The predicted molar refractivity (Wildman–Crippen MR) is 149 cm³/mol. The van der Waals surface area contributed by atoms with E-state index in [-0.39, 0.29) is 17.4 Å². The lowest BCUT2D eigenvalue weighted by molar-refractivity contribution is -0.139. The van der Waals surface area contributed by atoms with Crippen LogP contribution in [0.2, 0.25) is 5.02 Å². The van der Waals surface area contributed by atoms with Crippen molar-refractivity contribution >= 4 is 23.4 Å². The number of carbonyl (C=O) groups is 2. The summed E-state index contributed by atoms with van der Waals surface area (Å²) in [5, 5.41) is 3.89. The Morgan fingerprint density at radius 3 is 2.47 bits per heavy atom. The van der Waals surface area contributed by atoms with Gasteiger partial charge in [0.25, 0.3) is 0 Å². The van der Waals surface area contributed by atoms with E-state index in [1.807, 2.05) is 65.7 Å². The van der Waals surface area contributed by atoms with E-state index in [1.54, 1.807) is 6.20 Å². The summed E-state index contributed by atoms with van der Waals surface area (Å²) in [6, 6.07) is 21.5. The second-order valence-corrected chi connectivity index (χ2v) is 11.0. The van der Waals surface area contributed by atoms with E-state index in [4.69, 9.17) is 11.6 Å². The summed E-state index contributed by atoms with van der Waals surface area (Å²) in [5.74, 6) is 0.292. The van der Waals surface area contributed by atoms with Crippen molar-refractivity contribution in [3.8, 4) is 0 Å². The lowest BCUT2D eigenvalue weighted by atomic mass is 9.77. The molecule has 2 aliphatic heterocycles. The molecule has 0 radical (unpaired) electrons. The van der Waals surface area contributed by atoms with Crippen molar-refractivity contribution in [1.29, 1.82) is 0 Å². The molecule has 2 aliphatic rings.